The van der Waals surface area contributed by atoms with E-state index in [1.54, 1.807) is 24.3 Å². The van der Waals surface area contributed by atoms with Gasteiger partial charge in [-0.15, -0.1) is 0 Å². The zero-order chi connectivity index (χ0) is 14.8. The average Bonchev–Trinajstić information content (AvgIpc) is 2.97. The van der Waals surface area contributed by atoms with E-state index < -0.39 is 5.82 Å². The van der Waals surface area contributed by atoms with Crippen molar-refractivity contribution in [2.45, 2.75) is 6.92 Å². The third-order valence-corrected chi connectivity index (χ3v) is 3.50. The van der Waals surface area contributed by atoms with E-state index in [4.69, 9.17) is 0 Å². The lowest BCUT2D eigenvalue weighted by atomic mass is 10.1. The molecule has 1 amide bonds. The third-order valence-electron chi connectivity index (χ3n) is 3.50. The molecule has 21 heavy (non-hydrogen) atoms. The monoisotopic (exact) mass is 282 g/mol. The molecule has 0 bridgehead atoms. The maximum Gasteiger partial charge on any atom is 0.258 e. The highest BCUT2D eigenvalue weighted by molar-refractivity contribution is 6.07. The molecule has 2 aromatic carbocycles. The maximum absolute atomic E-state index is 13.9. The zero-order valence-electron chi connectivity index (χ0n) is 11.6. The molecule has 0 fully saturated rings. The number of carbonyl (C=O) groups excluding carboxylic acids is 1. The summed E-state index contributed by atoms with van der Waals surface area (Å²) in [6.07, 6.45) is 1.83. The standard InChI is InChI=1S/C17H15FN2O/c1-2-20(16-6-4-3-5-14(16)18)17(21)13-7-8-15-12(11-13)9-10-19-15/h3-11,19H,2H2,1H3. The van der Waals surface area contributed by atoms with Crippen molar-refractivity contribution in [1.29, 1.82) is 0 Å². The molecule has 0 saturated heterocycles. The van der Waals surface area contributed by atoms with Gasteiger partial charge in [0.25, 0.3) is 5.91 Å². The smallest absolute Gasteiger partial charge is 0.258 e. The topological polar surface area (TPSA) is 36.1 Å². The molecule has 3 aromatic rings. The molecule has 0 aliphatic heterocycles. The van der Waals surface area contributed by atoms with Gasteiger partial charge < -0.3 is 9.88 Å². The van der Waals surface area contributed by atoms with E-state index in [2.05, 4.69) is 4.98 Å². The second-order valence-corrected chi connectivity index (χ2v) is 4.78. The van der Waals surface area contributed by atoms with Gasteiger partial charge in [-0.2, -0.15) is 0 Å². The molecule has 106 valence electrons. The highest BCUT2D eigenvalue weighted by Gasteiger charge is 2.19. The number of aromatic amines is 1. The van der Waals surface area contributed by atoms with Gasteiger partial charge in [0, 0.05) is 29.2 Å². The lowest BCUT2D eigenvalue weighted by molar-refractivity contribution is 0.0987. The Morgan fingerprint density at radius 3 is 2.76 bits per heavy atom. The minimum Gasteiger partial charge on any atom is -0.361 e. The molecule has 3 rings (SSSR count). The summed E-state index contributed by atoms with van der Waals surface area (Å²) >= 11 is 0. The van der Waals surface area contributed by atoms with E-state index in [-0.39, 0.29) is 5.91 Å². The number of hydrogen-bond donors (Lipinski definition) is 1. The largest absolute Gasteiger partial charge is 0.361 e. The summed E-state index contributed by atoms with van der Waals surface area (Å²) in [7, 11) is 0. The van der Waals surface area contributed by atoms with Crippen LogP contribution in [0.3, 0.4) is 0 Å². The van der Waals surface area contributed by atoms with Crippen LogP contribution in [-0.2, 0) is 0 Å². The van der Waals surface area contributed by atoms with E-state index in [9.17, 15) is 9.18 Å². The van der Waals surface area contributed by atoms with Gasteiger partial charge in [0.05, 0.1) is 5.69 Å². The van der Waals surface area contributed by atoms with Crippen molar-refractivity contribution in [3.8, 4) is 0 Å². The normalized spacial score (nSPS) is 10.8. The second-order valence-electron chi connectivity index (χ2n) is 4.78. The van der Waals surface area contributed by atoms with Crippen LogP contribution in [0.1, 0.15) is 17.3 Å². The number of halogens is 1. The van der Waals surface area contributed by atoms with Gasteiger partial charge in [-0.1, -0.05) is 12.1 Å². The van der Waals surface area contributed by atoms with Gasteiger partial charge in [0.1, 0.15) is 5.82 Å². The van der Waals surface area contributed by atoms with Crippen LogP contribution in [0.4, 0.5) is 10.1 Å². The first-order valence-electron chi connectivity index (χ1n) is 6.84. The quantitative estimate of drug-likeness (QED) is 0.775. The molecule has 1 N–H and O–H groups in total. The molecule has 1 heterocycles. The van der Waals surface area contributed by atoms with Crippen LogP contribution in [0.5, 0.6) is 0 Å². The van der Waals surface area contributed by atoms with Gasteiger partial charge in [-0.25, -0.2) is 4.39 Å². The fourth-order valence-corrected chi connectivity index (χ4v) is 2.44. The van der Waals surface area contributed by atoms with Gasteiger partial charge in [0.15, 0.2) is 0 Å². The van der Waals surface area contributed by atoms with Crippen molar-refractivity contribution in [2.24, 2.45) is 0 Å². The van der Waals surface area contributed by atoms with Crippen molar-refractivity contribution < 1.29 is 9.18 Å². The Morgan fingerprint density at radius 2 is 2.00 bits per heavy atom. The summed E-state index contributed by atoms with van der Waals surface area (Å²) in [6.45, 7) is 2.24. The van der Waals surface area contributed by atoms with Crippen molar-refractivity contribution in [1.82, 2.24) is 4.98 Å². The summed E-state index contributed by atoms with van der Waals surface area (Å²) in [5.74, 6) is -0.596. The van der Waals surface area contributed by atoms with Crippen molar-refractivity contribution in [3.63, 3.8) is 0 Å². The minimum absolute atomic E-state index is 0.203. The first kappa shape index (κ1) is 13.4. The van der Waals surface area contributed by atoms with Crippen molar-refractivity contribution in [2.75, 3.05) is 11.4 Å². The third kappa shape index (κ3) is 2.40. The number of nitrogens with one attached hydrogen (secondary N) is 1. The van der Waals surface area contributed by atoms with E-state index in [0.29, 0.717) is 17.8 Å². The van der Waals surface area contributed by atoms with Crippen LogP contribution in [0.15, 0.2) is 54.7 Å². The Kier molecular flexibility index (Phi) is 3.44. The van der Waals surface area contributed by atoms with E-state index in [0.717, 1.165) is 10.9 Å². The summed E-state index contributed by atoms with van der Waals surface area (Å²) in [6, 6.07) is 13.7. The Balaban J connectivity index is 2.00. The number of nitrogens with zero attached hydrogens (tertiary/aromatic N) is 1. The van der Waals surface area contributed by atoms with E-state index in [1.807, 2.05) is 31.3 Å². The number of H-pyrrole nitrogens is 1. The second kappa shape index (κ2) is 5.40. The molecule has 0 radical (unpaired) electrons. The number of hydrogen-bond acceptors (Lipinski definition) is 1. The van der Waals surface area contributed by atoms with Crippen LogP contribution in [0.2, 0.25) is 0 Å². The Labute approximate surface area is 122 Å². The Morgan fingerprint density at radius 1 is 1.19 bits per heavy atom. The number of aromatic nitrogens is 1. The number of para-hydroxylation sites is 1. The van der Waals surface area contributed by atoms with E-state index in [1.165, 1.54) is 11.0 Å². The molecule has 0 saturated carbocycles. The van der Waals surface area contributed by atoms with Crippen LogP contribution < -0.4 is 4.90 Å². The highest BCUT2D eigenvalue weighted by Crippen LogP contribution is 2.22. The fourth-order valence-electron chi connectivity index (χ4n) is 2.44. The van der Waals surface area contributed by atoms with Gasteiger partial charge in [-0.3, -0.25) is 4.79 Å². The Bertz CT molecular complexity index is 794. The predicted molar refractivity (Wildman–Crippen MR) is 82.0 cm³/mol. The molecule has 0 aliphatic rings. The fraction of sp³-hybridized carbons (Fsp3) is 0.118. The minimum atomic E-state index is -0.393. The molecule has 0 spiro atoms. The van der Waals surface area contributed by atoms with Gasteiger partial charge in [0.2, 0.25) is 0 Å². The number of benzene rings is 2. The Hall–Kier alpha value is -2.62. The highest BCUT2D eigenvalue weighted by atomic mass is 19.1. The van der Waals surface area contributed by atoms with Gasteiger partial charge >= 0.3 is 0 Å². The molecular formula is C17H15FN2O. The van der Waals surface area contributed by atoms with Crippen LogP contribution in [0, 0.1) is 5.82 Å². The number of carbonyl (C=O) groups is 1. The molecule has 0 unspecified atom stereocenters. The molecule has 3 nitrogen and oxygen atoms in total. The zero-order valence-corrected chi connectivity index (χ0v) is 11.6. The summed E-state index contributed by atoms with van der Waals surface area (Å²) < 4.78 is 13.9. The maximum atomic E-state index is 13.9. The number of anilines is 1. The van der Waals surface area contributed by atoms with Crippen molar-refractivity contribution in [3.05, 3.63) is 66.1 Å². The van der Waals surface area contributed by atoms with E-state index >= 15 is 0 Å². The van der Waals surface area contributed by atoms with Crippen LogP contribution >= 0.6 is 0 Å². The summed E-state index contributed by atoms with van der Waals surface area (Å²) in [5.41, 5.74) is 1.83. The lowest BCUT2D eigenvalue weighted by Gasteiger charge is -2.21. The molecule has 0 atom stereocenters. The summed E-state index contributed by atoms with van der Waals surface area (Å²) in [5, 5.41) is 0.963. The first-order valence-corrected chi connectivity index (χ1v) is 6.84. The van der Waals surface area contributed by atoms with Crippen LogP contribution in [-0.4, -0.2) is 17.4 Å². The molecule has 4 heteroatoms. The number of rotatable bonds is 3. The van der Waals surface area contributed by atoms with Crippen LogP contribution in [0.25, 0.3) is 10.9 Å². The molecular weight excluding hydrogens is 267 g/mol. The number of fused-ring (bicyclic) bond motifs is 1. The number of amides is 1. The first-order chi connectivity index (χ1) is 10.2. The summed E-state index contributed by atoms with van der Waals surface area (Å²) in [4.78, 5) is 17.2. The lowest BCUT2D eigenvalue weighted by Crippen LogP contribution is -2.31. The predicted octanol–water partition coefficient (Wildman–Crippen LogP) is 3.97. The molecule has 1 aromatic heterocycles. The van der Waals surface area contributed by atoms with Gasteiger partial charge in [-0.05, 0) is 43.3 Å². The SMILES string of the molecule is CCN(C(=O)c1ccc2[nH]ccc2c1)c1ccccc1F. The van der Waals surface area contributed by atoms with Crippen molar-refractivity contribution >= 4 is 22.5 Å². The average molecular weight is 282 g/mol. The molecule has 0 aliphatic carbocycles.